The first-order valence-electron chi connectivity index (χ1n) is 10.4. The minimum absolute atomic E-state index is 0.115. The molecule has 2 aliphatic rings. The van der Waals surface area contributed by atoms with Crippen LogP contribution in [0.4, 0.5) is 0 Å². The largest absolute Gasteiger partial charge is 0.493 e. The maximum Gasteiger partial charge on any atom is 0.264 e. The summed E-state index contributed by atoms with van der Waals surface area (Å²) in [4.78, 5) is 4.67. The van der Waals surface area contributed by atoms with E-state index in [-0.39, 0.29) is 18.6 Å². The van der Waals surface area contributed by atoms with Crippen molar-refractivity contribution >= 4 is 21.2 Å². The Morgan fingerprint density at radius 2 is 1.93 bits per heavy atom. The molecule has 0 amide bonds. The zero-order valence-corrected chi connectivity index (χ0v) is 17.8. The van der Waals surface area contributed by atoms with E-state index in [4.69, 9.17) is 18.1 Å². The van der Waals surface area contributed by atoms with Gasteiger partial charge in [-0.25, -0.2) is 4.98 Å². The van der Waals surface area contributed by atoms with E-state index in [0.29, 0.717) is 5.92 Å². The minimum Gasteiger partial charge on any atom is -0.493 e. The Labute approximate surface area is 171 Å². The summed E-state index contributed by atoms with van der Waals surface area (Å²) in [5.74, 6) is 2.62. The number of aromatic nitrogens is 1. The van der Waals surface area contributed by atoms with E-state index in [1.807, 2.05) is 18.2 Å². The highest BCUT2D eigenvalue weighted by Gasteiger charge is 2.27. The fraction of sp³-hybridized carbons (Fsp3) is 0.667. The molecule has 0 aliphatic heterocycles. The first-order chi connectivity index (χ1) is 13.9. The molecule has 1 heterocycles. The molecule has 160 valence electrons. The van der Waals surface area contributed by atoms with E-state index in [0.717, 1.165) is 61.3 Å². The average molecular weight is 424 g/mol. The highest BCUT2D eigenvalue weighted by Crippen LogP contribution is 2.36. The van der Waals surface area contributed by atoms with Crippen molar-refractivity contribution in [3.63, 3.8) is 0 Å². The van der Waals surface area contributed by atoms with Crippen molar-refractivity contribution in [2.45, 2.75) is 63.6 Å². The van der Waals surface area contributed by atoms with Crippen molar-refractivity contribution in [1.82, 2.24) is 4.98 Å². The van der Waals surface area contributed by atoms with Crippen molar-refractivity contribution in [3.8, 4) is 5.75 Å². The standard InChI is InChI=1S/C21H29NO6S/c1-14(28-29(2,23)24)12-25-17-7-5-16(6-8-17)21-22-19-10-9-18(11-20(19)27-21)26-13-15-3-4-15/h9-11,14-17H,3-8,12-13H2,1-2H3. The predicted octanol–water partition coefficient (Wildman–Crippen LogP) is 4.02. The van der Waals surface area contributed by atoms with Gasteiger partial charge in [-0.1, -0.05) is 0 Å². The van der Waals surface area contributed by atoms with Crippen LogP contribution in [-0.4, -0.2) is 45.1 Å². The van der Waals surface area contributed by atoms with E-state index >= 15 is 0 Å². The Balaban J connectivity index is 1.28. The van der Waals surface area contributed by atoms with Crippen molar-refractivity contribution in [2.24, 2.45) is 5.92 Å². The van der Waals surface area contributed by atoms with Crippen molar-refractivity contribution < 1.29 is 26.5 Å². The van der Waals surface area contributed by atoms with E-state index in [1.165, 1.54) is 12.8 Å². The number of hydrogen-bond acceptors (Lipinski definition) is 7. The number of ether oxygens (including phenoxy) is 2. The monoisotopic (exact) mass is 423 g/mol. The second-order valence-corrected chi connectivity index (χ2v) is 9.95. The van der Waals surface area contributed by atoms with Gasteiger partial charge < -0.3 is 13.9 Å². The lowest BCUT2D eigenvalue weighted by molar-refractivity contribution is -0.0125. The van der Waals surface area contributed by atoms with Gasteiger partial charge in [0.2, 0.25) is 0 Å². The Morgan fingerprint density at radius 3 is 2.62 bits per heavy atom. The summed E-state index contributed by atoms with van der Waals surface area (Å²) in [5.41, 5.74) is 1.64. The summed E-state index contributed by atoms with van der Waals surface area (Å²) in [7, 11) is -3.45. The first-order valence-corrected chi connectivity index (χ1v) is 12.2. The summed E-state index contributed by atoms with van der Waals surface area (Å²) in [6.45, 7) is 2.76. The molecule has 0 spiro atoms. The van der Waals surface area contributed by atoms with Crippen LogP contribution in [0, 0.1) is 5.92 Å². The summed E-state index contributed by atoms with van der Waals surface area (Å²) >= 11 is 0. The van der Waals surface area contributed by atoms with Crippen LogP contribution in [0.15, 0.2) is 22.6 Å². The van der Waals surface area contributed by atoms with Crippen molar-refractivity contribution in [2.75, 3.05) is 19.5 Å². The zero-order valence-electron chi connectivity index (χ0n) is 17.0. The fourth-order valence-electron chi connectivity index (χ4n) is 3.76. The third kappa shape index (κ3) is 5.93. The molecule has 2 fully saturated rings. The average Bonchev–Trinajstić information content (AvgIpc) is 3.40. The molecule has 1 aromatic heterocycles. The summed E-state index contributed by atoms with van der Waals surface area (Å²) in [6, 6.07) is 5.86. The molecule has 2 saturated carbocycles. The third-order valence-corrected chi connectivity index (χ3v) is 6.17. The van der Waals surface area contributed by atoms with Gasteiger partial charge in [-0.3, -0.25) is 4.18 Å². The molecule has 2 aromatic rings. The molecule has 29 heavy (non-hydrogen) atoms. The molecular formula is C21H29NO6S. The fourth-order valence-corrected chi connectivity index (χ4v) is 4.41. The van der Waals surface area contributed by atoms with Crippen LogP contribution >= 0.6 is 0 Å². The molecule has 0 saturated heterocycles. The first kappa shape index (κ1) is 20.6. The van der Waals surface area contributed by atoms with Gasteiger partial charge in [-0.05, 0) is 63.5 Å². The van der Waals surface area contributed by atoms with Gasteiger partial charge in [0.05, 0.1) is 31.7 Å². The Morgan fingerprint density at radius 1 is 1.17 bits per heavy atom. The predicted molar refractivity (Wildman–Crippen MR) is 109 cm³/mol. The zero-order chi connectivity index (χ0) is 20.4. The lowest BCUT2D eigenvalue weighted by Gasteiger charge is -2.27. The van der Waals surface area contributed by atoms with Crippen LogP contribution in [0.2, 0.25) is 0 Å². The Bertz CT molecular complexity index is 928. The van der Waals surface area contributed by atoms with Crippen LogP contribution in [0.25, 0.3) is 11.1 Å². The number of rotatable bonds is 9. The number of benzene rings is 1. The molecule has 8 heteroatoms. The maximum atomic E-state index is 11.2. The number of hydrogen-bond donors (Lipinski definition) is 0. The van der Waals surface area contributed by atoms with E-state index in [1.54, 1.807) is 6.92 Å². The van der Waals surface area contributed by atoms with Crippen molar-refractivity contribution in [3.05, 3.63) is 24.1 Å². The second kappa shape index (κ2) is 8.62. The molecule has 0 N–H and O–H groups in total. The van der Waals surface area contributed by atoms with Gasteiger partial charge in [0.25, 0.3) is 10.1 Å². The SMILES string of the molecule is CC(COC1CCC(c2nc3ccc(OCC4CC4)cc3o2)CC1)OS(C)(=O)=O. The molecule has 1 unspecified atom stereocenters. The maximum absolute atomic E-state index is 11.2. The second-order valence-electron chi connectivity index (χ2n) is 8.35. The Kier molecular flexibility index (Phi) is 6.13. The summed E-state index contributed by atoms with van der Waals surface area (Å²) in [5, 5.41) is 0. The smallest absolute Gasteiger partial charge is 0.264 e. The molecule has 4 rings (SSSR count). The lowest BCUT2D eigenvalue weighted by atomic mass is 9.87. The van der Waals surface area contributed by atoms with Crippen LogP contribution in [0.3, 0.4) is 0 Å². The van der Waals surface area contributed by atoms with Crippen LogP contribution in [0.5, 0.6) is 5.75 Å². The van der Waals surface area contributed by atoms with Gasteiger partial charge in [0, 0.05) is 12.0 Å². The Hall–Kier alpha value is -1.64. The lowest BCUT2D eigenvalue weighted by Crippen LogP contribution is -2.26. The summed E-state index contributed by atoms with van der Waals surface area (Å²) < 4.78 is 44.9. The van der Waals surface area contributed by atoms with Crippen LogP contribution in [0.1, 0.15) is 57.3 Å². The summed E-state index contributed by atoms with van der Waals surface area (Å²) in [6.07, 6.45) is 6.88. The van der Waals surface area contributed by atoms with Gasteiger partial charge in [-0.15, -0.1) is 0 Å². The number of oxazole rings is 1. The molecule has 0 bridgehead atoms. The minimum atomic E-state index is -3.45. The third-order valence-electron chi connectivity index (χ3n) is 5.49. The molecule has 1 atom stereocenters. The highest BCUT2D eigenvalue weighted by molar-refractivity contribution is 7.86. The van der Waals surface area contributed by atoms with Gasteiger partial charge in [-0.2, -0.15) is 8.42 Å². The molecule has 1 aromatic carbocycles. The molecule has 0 radical (unpaired) electrons. The topological polar surface area (TPSA) is 87.9 Å². The van der Waals surface area contributed by atoms with Gasteiger partial charge in [0.15, 0.2) is 11.5 Å². The molecular weight excluding hydrogens is 394 g/mol. The van der Waals surface area contributed by atoms with Crippen molar-refractivity contribution in [1.29, 1.82) is 0 Å². The van der Waals surface area contributed by atoms with E-state index in [2.05, 4.69) is 4.98 Å². The molecule has 7 nitrogen and oxygen atoms in total. The number of fused-ring (bicyclic) bond motifs is 1. The van der Waals surface area contributed by atoms with E-state index < -0.39 is 16.2 Å². The van der Waals surface area contributed by atoms with E-state index in [9.17, 15) is 8.42 Å². The van der Waals surface area contributed by atoms with Gasteiger partial charge >= 0.3 is 0 Å². The number of nitrogens with zero attached hydrogens (tertiary/aromatic N) is 1. The van der Waals surface area contributed by atoms with Crippen LogP contribution in [-0.2, 0) is 19.0 Å². The molecule has 2 aliphatic carbocycles. The van der Waals surface area contributed by atoms with Crippen LogP contribution < -0.4 is 4.74 Å². The highest BCUT2D eigenvalue weighted by atomic mass is 32.2. The van der Waals surface area contributed by atoms with Gasteiger partial charge in [0.1, 0.15) is 11.3 Å². The quantitative estimate of drug-likeness (QED) is 0.563. The normalized spacial score (nSPS) is 23.9.